The molecule has 0 aliphatic carbocycles. The van der Waals surface area contributed by atoms with E-state index in [0.717, 1.165) is 6.07 Å². The van der Waals surface area contributed by atoms with Gasteiger partial charge in [0, 0.05) is 19.0 Å². The molecular formula is C14H18N2O4S. The van der Waals surface area contributed by atoms with E-state index in [4.69, 9.17) is 6.42 Å². The van der Waals surface area contributed by atoms with Crippen LogP contribution in [0.4, 0.5) is 5.69 Å². The highest BCUT2D eigenvalue weighted by molar-refractivity contribution is 7.89. The number of nitrogens with zero attached hydrogens (tertiary/aromatic N) is 1. The van der Waals surface area contributed by atoms with Crippen LogP contribution in [-0.2, 0) is 10.0 Å². The van der Waals surface area contributed by atoms with Crippen LogP contribution >= 0.6 is 0 Å². The van der Waals surface area contributed by atoms with Crippen molar-refractivity contribution in [2.24, 2.45) is 11.8 Å². The summed E-state index contributed by atoms with van der Waals surface area (Å²) in [5, 5.41) is 10.9. The Morgan fingerprint density at radius 3 is 2.52 bits per heavy atom. The summed E-state index contributed by atoms with van der Waals surface area (Å²) in [6.45, 7) is 4.04. The Hall–Kier alpha value is -1.91. The molecule has 0 spiro atoms. The minimum Gasteiger partial charge on any atom is -0.258 e. The van der Waals surface area contributed by atoms with Crippen LogP contribution in [0.3, 0.4) is 0 Å². The van der Waals surface area contributed by atoms with E-state index >= 15 is 0 Å². The van der Waals surface area contributed by atoms with Gasteiger partial charge in [-0.15, -0.1) is 12.3 Å². The highest BCUT2D eigenvalue weighted by Crippen LogP contribution is 2.23. The van der Waals surface area contributed by atoms with E-state index in [1.54, 1.807) is 0 Å². The molecule has 0 aromatic heterocycles. The van der Waals surface area contributed by atoms with E-state index in [2.05, 4.69) is 10.6 Å². The summed E-state index contributed by atoms with van der Waals surface area (Å²) in [5.41, 5.74) is -0.442. The predicted molar refractivity (Wildman–Crippen MR) is 80.1 cm³/mol. The highest BCUT2D eigenvalue weighted by Gasteiger charge is 2.26. The van der Waals surface area contributed by atoms with Crippen molar-refractivity contribution >= 4 is 15.7 Å². The molecule has 0 heterocycles. The van der Waals surface area contributed by atoms with E-state index in [0.29, 0.717) is 6.42 Å². The van der Waals surface area contributed by atoms with Crippen molar-refractivity contribution in [2.45, 2.75) is 25.2 Å². The summed E-state index contributed by atoms with van der Waals surface area (Å²) >= 11 is 0. The number of nitro benzene ring substituents is 1. The van der Waals surface area contributed by atoms with Crippen LogP contribution in [0.2, 0.25) is 0 Å². The fraction of sp³-hybridized carbons (Fsp3) is 0.429. The maximum absolute atomic E-state index is 12.2. The zero-order chi connectivity index (χ0) is 16.0. The number of nitrogens with one attached hydrogen (secondary N) is 1. The number of terminal acetylenes is 1. The molecule has 0 amide bonds. The highest BCUT2D eigenvalue weighted by atomic mass is 32.2. The van der Waals surface area contributed by atoms with Crippen LogP contribution < -0.4 is 4.72 Å². The molecule has 1 rings (SSSR count). The van der Waals surface area contributed by atoms with Crippen molar-refractivity contribution in [1.29, 1.82) is 0 Å². The molecule has 0 saturated heterocycles. The van der Waals surface area contributed by atoms with Crippen LogP contribution in [-0.4, -0.2) is 19.9 Å². The van der Waals surface area contributed by atoms with Gasteiger partial charge in [0.05, 0.1) is 4.92 Å². The van der Waals surface area contributed by atoms with E-state index < -0.39 is 20.6 Å². The van der Waals surface area contributed by atoms with Crippen LogP contribution in [0, 0.1) is 34.3 Å². The maximum atomic E-state index is 12.2. The summed E-state index contributed by atoms with van der Waals surface area (Å²) < 4.78 is 26.9. The smallest absolute Gasteiger partial charge is 0.258 e. The molecule has 0 radical (unpaired) electrons. The zero-order valence-electron chi connectivity index (χ0n) is 11.9. The Bertz CT molecular complexity index is 647. The van der Waals surface area contributed by atoms with Crippen molar-refractivity contribution in [3.05, 3.63) is 34.4 Å². The normalized spacial score (nSPS) is 12.9. The van der Waals surface area contributed by atoms with Crippen LogP contribution in [0.1, 0.15) is 20.3 Å². The van der Waals surface area contributed by atoms with Gasteiger partial charge in [-0.2, -0.15) is 0 Å². The van der Waals surface area contributed by atoms with Gasteiger partial charge in [0.15, 0.2) is 4.90 Å². The van der Waals surface area contributed by atoms with E-state index in [-0.39, 0.29) is 23.3 Å². The Morgan fingerprint density at radius 2 is 2.00 bits per heavy atom. The van der Waals surface area contributed by atoms with Gasteiger partial charge in [-0.3, -0.25) is 10.1 Å². The fourth-order valence-electron chi connectivity index (χ4n) is 1.82. The molecule has 7 heteroatoms. The lowest BCUT2D eigenvalue weighted by atomic mass is 9.93. The molecule has 0 aliphatic rings. The molecule has 0 aliphatic heterocycles. The summed E-state index contributed by atoms with van der Waals surface area (Å²) in [5.74, 6) is 2.69. The second-order valence-electron chi connectivity index (χ2n) is 4.99. The van der Waals surface area contributed by atoms with E-state index in [1.165, 1.54) is 18.2 Å². The molecule has 1 aromatic rings. The Morgan fingerprint density at radius 1 is 1.38 bits per heavy atom. The van der Waals surface area contributed by atoms with Crippen molar-refractivity contribution in [2.75, 3.05) is 6.54 Å². The first-order valence-corrected chi connectivity index (χ1v) is 7.94. The van der Waals surface area contributed by atoms with Gasteiger partial charge < -0.3 is 0 Å². The van der Waals surface area contributed by atoms with E-state index in [9.17, 15) is 18.5 Å². The van der Waals surface area contributed by atoms with Crippen LogP contribution in [0.15, 0.2) is 29.2 Å². The fourth-order valence-corrected chi connectivity index (χ4v) is 3.09. The van der Waals surface area contributed by atoms with Crippen LogP contribution in [0.25, 0.3) is 0 Å². The average molecular weight is 310 g/mol. The van der Waals surface area contributed by atoms with Gasteiger partial charge in [0.1, 0.15) is 0 Å². The lowest BCUT2D eigenvalue weighted by Crippen LogP contribution is -2.31. The third-order valence-corrected chi connectivity index (χ3v) is 4.68. The number of nitro groups is 1. The molecule has 6 nitrogen and oxygen atoms in total. The summed E-state index contributed by atoms with van der Waals surface area (Å²) in [4.78, 5) is 9.86. The minimum atomic E-state index is -3.94. The third kappa shape index (κ3) is 4.55. The molecular weight excluding hydrogens is 292 g/mol. The molecule has 1 N–H and O–H groups in total. The van der Waals surface area contributed by atoms with Gasteiger partial charge in [-0.05, 0) is 17.9 Å². The van der Waals surface area contributed by atoms with Gasteiger partial charge in [0.25, 0.3) is 5.69 Å². The number of benzene rings is 1. The summed E-state index contributed by atoms with van der Waals surface area (Å²) in [7, 11) is -3.94. The second-order valence-corrected chi connectivity index (χ2v) is 6.72. The maximum Gasteiger partial charge on any atom is 0.289 e. The number of rotatable bonds is 7. The average Bonchev–Trinajstić information content (AvgIpc) is 2.43. The molecule has 0 fully saturated rings. The second kappa shape index (κ2) is 7.20. The third-order valence-electron chi connectivity index (χ3n) is 3.21. The molecule has 21 heavy (non-hydrogen) atoms. The minimum absolute atomic E-state index is 0.0208. The summed E-state index contributed by atoms with van der Waals surface area (Å²) in [6.07, 6.45) is 5.71. The lowest BCUT2D eigenvalue weighted by molar-refractivity contribution is -0.387. The first kappa shape index (κ1) is 17.1. The first-order valence-electron chi connectivity index (χ1n) is 6.46. The number of hydrogen-bond acceptors (Lipinski definition) is 4. The SMILES string of the molecule is C#CCC(CNS(=O)(=O)c1ccccc1[N+](=O)[O-])C(C)C. The Kier molecular flexibility index (Phi) is 5.88. The van der Waals surface area contributed by atoms with E-state index in [1.807, 2.05) is 13.8 Å². The van der Waals surface area contributed by atoms with Gasteiger partial charge in [-0.1, -0.05) is 26.0 Å². The number of hydrogen-bond donors (Lipinski definition) is 1. The van der Waals surface area contributed by atoms with Crippen molar-refractivity contribution < 1.29 is 13.3 Å². The van der Waals surface area contributed by atoms with Gasteiger partial charge in [-0.25, -0.2) is 13.1 Å². The largest absolute Gasteiger partial charge is 0.289 e. The Balaban J connectivity index is 2.98. The quantitative estimate of drug-likeness (QED) is 0.475. The van der Waals surface area contributed by atoms with Gasteiger partial charge >= 0.3 is 0 Å². The number of para-hydroxylation sites is 1. The Labute approximate surface area is 124 Å². The molecule has 0 saturated carbocycles. The van der Waals surface area contributed by atoms with Gasteiger partial charge in [0.2, 0.25) is 10.0 Å². The zero-order valence-corrected chi connectivity index (χ0v) is 12.8. The van der Waals surface area contributed by atoms with Crippen LogP contribution in [0.5, 0.6) is 0 Å². The predicted octanol–water partition coefficient (Wildman–Crippen LogP) is 2.17. The van der Waals surface area contributed by atoms with Crippen molar-refractivity contribution in [3.8, 4) is 12.3 Å². The van der Waals surface area contributed by atoms with Crippen molar-refractivity contribution in [3.63, 3.8) is 0 Å². The molecule has 114 valence electrons. The molecule has 1 aromatic carbocycles. The molecule has 1 atom stereocenters. The number of sulfonamides is 1. The standard InChI is InChI=1S/C14H18N2O4S/c1-4-7-12(11(2)3)10-15-21(19,20)14-9-6-5-8-13(14)16(17)18/h1,5-6,8-9,11-12,15H,7,10H2,2-3H3. The molecule has 0 bridgehead atoms. The topological polar surface area (TPSA) is 89.3 Å². The first-order chi connectivity index (χ1) is 9.79. The monoisotopic (exact) mass is 310 g/mol. The summed E-state index contributed by atoms with van der Waals surface area (Å²) in [6, 6.07) is 5.25. The lowest BCUT2D eigenvalue weighted by Gasteiger charge is -2.18. The van der Waals surface area contributed by atoms with Crippen molar-refractivity contribution in [1.82, 2.24) is 4.72 Å². The molecule has 1 unspecified atom stereocenters.